The van der Waals surface area contributed by atoms with Gasteiger partial charge >= 0.3 is 0 Å². The highest BCUT2D eigenvalue weighted by Gasteiger charge is 2.17. The molecule has 0 atom stereocenters. The molecule has 3 nitrogen and oxygen atoms in total. The Hall–Kier alpha value is -0.580. The van der Waals surface area contributed by atoms with Gasteiger partial charge in [-0.3, -0.25) is 4.21 Å². The zero-order chi connectivity index (χ0) is 11.5. The van der Waals surface area contributed by atoms with Crippen LogP contribution in [0.3, 0.4) is 0 Å². The second-order valence-electron chi connectivity index (χ2n) is 3.81. The Morgan fingerprint density at radius 2 is 2.06 bits per heavy atom. The van der Waals surface area contributed by atoms with E-state index in [1.807, 2.05) is 18.2 Å². The smallest absolute Gasteiger partial charge is 0.0413 e. The van der Waals surface area contributed by atoms with Crippen molar-refractivity contribution >= 4 is 28.1 Å². The molecule has 0 unspecified atom stereocenters. The van der Waals surface area contributed by atoms with Gasteiger partial charge in [0.25, 0.3) is 0 Å². The van der Waals surface area contributed by atoms with Crippen molar-refractivity contribution in [2.75, 3.05) is 29.5 Å². The standard InChI is InChI=1S/C11H15ClN2OS/c12-10-1-2-11(9(7-10)8-13)14-3-5-16(15)6-4-14/h1-2,7H,3-6,8,13H2. The minimum absolute atomic E-state index is 0.482. The van der Waals surface area contributed by atoms with Crippen LogP contribution in [0.4, 0.5) is 5.69 Å². The number of hydrogen-bond donors (Lipinski definition) is 1. The number of hydrogen-bond acceptors (Lipinski definition) is 3. The molecular weight excluding hydrogens is 244 g/mol. The molecule has 1 aromatic rings. The van der Waals surface area contributed by atoms with Crippen LogP contribution >= 0.6 is 11.6 Å². The summed E-state index contributed by atoms with van der Waals surface area (Å²) in [6.07, 6.45) is 0. The summed E-state index contributed by atoms with van der Waals surface area (Å²) in [5.41, 5.74) is 7.89. The number of halogens is 1. The molecule has 2 N–H and O–H groups in total. The minimum atomic E-state index is -0.647. The fourth-order valence-electron chi connectivity index (χ4n) is 1.90. The summed E-state index contributed by atoms with van der Waals surface area (Å²) in [5, 5.41) is 0.713. The molecule has 0 bridgehead atoms. The average Bonchev–Trinajstić information content (AvgIpc) is 2.30. The normalized spacial score (nSPS) is 17.8. The van der Waals surface area contributed by atoms with Crippen molar-refractivity contribution in [3.05, 3.63) is 28.8 Å². The Balaban J connectivity index is 2.22. The highest BCUT2D eigenvalue weighted by molar-refractivity contribution is 7.85. The van der Waals surface area contributed by atoms with Gasteiger partial charge in [0.15, 0.2) is 0 Å². The third-order valence-corrected chi connectivity index (χ3v) is 4.29. The average molecular weight is 259 g/mol. The first-order valence-electron chi connectivity index (χ1n) is 5.29. The molecule has 1 fully saturated rings. The molecule has 1 heterocycles. The first-order chi connectivity index (χ1) is 7.70. The highest BCUT2D eigenvalue weighted by Crippen LogP contribution is 2.25. The van der Waals surface area contributed by atoms with Crippen LogP contribution in [0, 0.1) is 0 Å². The van der Waals surface area contributed by atoms with E-state index < -0.39 is 10.8 Å². The molecule has 0 saturated carbocycles. The van der Waals surface area contributed by atoms with Crippen LogP contribution in [0.2, 0.25) is 5.02 Å². The van der Waals surface area contributed by atoms with Gasteiger partial charge in [-0.05, 0) is 23.8 Å². The molecule has 1 aliphatic heterocycles. The van der Waals surface area contributed by atoms with Crippen LogP contribution in [0.25, 0.3) is 0 Å². The second-order valence-corrected chi connectivity index (χ2v) is 5.94. The summed E-state index contributed by atoms with van der Waals surface area (Å²) in [4.78, 5) is 2.24. The molecule has 16 heavy (non-hydrogen) atoms. The lowest BCUT2D eigenvalue weighted by atomic mass is 10.1. The highest BCUT2D eigenvalue weighted by atomic mass is 35.5. The monoisotopic (exact) mass is 258 g/mol. The van der Waals surface area contributed by atoms with E-state index in [4.69, 9.17) is 17.3 Å². The Morgan fingerprint density at radius 1 is 1.38 bits per heavy atom. The number of benzene rings is 1. The van der Waals surface area contributed by atoms with Crippen molar-refractivity contribution in [2.45, 2.75) is 6.54 Å². The molecule has 2 rings (SSSR count). The van der Waals surface area contributed by atoms with Crippen molar-refractivity contribution in [1.82, 2.24) is 0 Å². The first-order valence-corrected chi connectivity index (χ1v) is 7.15. The Kier molecular flexibility index (Phi) is 3.84. The van der Waals surface area contributed by atoms with Crippen LogP contribution in [0.15, 0.2) is 18.2 Å². The van der Waals surface area contributed by atoms with Gasteiger partial charge in [-0.1, -0.05) is 11.6 Å². The van der Waals surface area contributed by atoms with E-state index in [0.29, 0.717) is 11.6 Å². The molecule has 88 valence electrons. The van der Waals surface area contributed by atoms with Gasteiger partial charge in [-0.25, -0.2) is 0 Å². The van der Waals surface area contributed by atoms with Gasteiger partial charge in [0.2, 0.25) is 0 Å². The van der Waals surface area contributed by atoms with Gasteiger partial charge in [0.05, 0.1) is 0 Å². The van der Waals surface area contributed by atoms with E-state index in [1.165, 1.54) is 0 Å². The van der Waals surface area contributed by atoms with Gasteiger partial charge in [-0.2, -0.15) is 0 Å². The quantitative estimate of drug-likeness (QED) is 0.872. The number of anilines is 1. The van der Waals surface area contributed by atoms with Gasteiger partial charge in [-0.15, -0.1) is 0 Å². The maximum atomic E-state index is 11.3. The summed E-state index contributed by atoms with van der Waals surface area (Å²) in [5.74, 6) is 1.49. The third-order valence-electron chi connectivity index (χ3n) is 2.78. The van der Waals surface area contributed by atoms with Crippen molar-refractivity contribution in [3.8, 4) is 0 Å². The van der Waals surface area contributed by atoms with E-state index in [0.717, 1.165) is 35.8 Å². The van der Waals surface area contributed by atoms with Gasteiger partial charge < -0.3 is 10.6 Å². The van der Waals surface area contributed by atoms with Crippen molar-refractivity contribution in [1.29, 1.82) is 0 Å². The van der Waals surface area contributed by atoms with Crippen molar-refractivity contribution < 1.29 is 4.21 Å². The van der Waals surface area contributed by atoms with Crippen LogP contribution in [-0.2, 0) is 17.3 Å². The Labute approximate surface area is 103 Å². The van der Waals surface area contributed by atoms with Crippen LogP contribution in [0.5, 0.6) is 0 Å². The first kappa shape index (κ1) is 11.9. The number of nitrogens with zero attached hydrogens (tertiary/aromatic N) is 1. The third kappa shape index (κ3) is 2.56. The Bertz CT molecular complexity index is 401. The molecule has 5 heteroatoms. The van der Waals surface area contributed by atoms with E-state index in [9.17, 15) is 4.21 Å². The van der Waals surface area contributed by atoms with Gasteiger partial charge in [0.1, 0.15) is 0 Å². The summed E-state index contributed by atoms with van der Waals surface area (Å²) >= 11 is 5.93. The Morgan fingerprint density at radius 3 is 2.69 bits per heavy atom. The predicted octanol–water partition coefficient (Wildman–Crippen LogP) is 1.37. The molecule has 0 aromatic heterocycles. The molecule has 0 spiro atoms. The molecule has 0 radical (unpaired) electrons. The van der Waals surface area contributed by atoms with E-state index in [1.54, 1.807) is 0 Å². The maximum absolute atomic E-state index is 11.3. The van der Waals surface area contributed by atoms with Gasteiger partial charge in [0, 0.05) is 52.6 Å². The second kappa shape index (κ2) is 5.17. The van der Waals surface area contributed by atoms with E-state index in [2.05, 4.69) is 4.90 Å². The van der Waals surface area contributed by atoms with E-state index in [-0.39, 0.29) is 0 Å². The summed E-state index contributed by atoms with van der Waals surface area (Å²) < 4.78 is 11.3. The zero-order valence-corrected chi connectivity index (χ0v) is 10.6. The van der Waals surface area contributed by atoms with Crippen LogP contribution in [-0.4, -0.2) is 28.8 Å². The van der Waals surface area contributed by atoms with Crippen molar-refractivity contribution in [2.24, 2.45) is 5.73 Å². The lowest BCUT2D eigenvalue weighted by Crippen LogP contribution is -2.38. The predicted molar refractivity (Wildman–Crippen MR) is 69.4 cm³/mol. The zero-order valence-electron chi connectivity index (χ0n) is 8.99. The largest absolute Gasteiger partial charge is 0.369 e. The van der Waals surface area contributed by atoms with E-state index >= 15 is 0 Å². The minimum Gasteiger partial charge on any atom is -0.369 e. The number of nitrogens with two attached hydrogens (primary N) is 1. The fraction of sp³-hybridized carbons (Fsp3) is 0.455. The summed E-state index contributed by atoms with van der Waals surface area (Å²) in [7, 11) is -0.647. The van der Waals surface area contributed by atoms with Crippen LogP contribution < -0.4 is 10.6 Å². The topological polar surface area (TPSA) is 46.3 Å². The molecule has 0 aliphatic carbocycles. The maximum Gasteiger partial charge on any atom is 0.0413 e. The number of rotatable bonds is 2. The lowest BCUT2D eigenvalue weighted by molar-refractivity contribution is 0.673. The van der Waals surface area contributed by atoms with Crippen LogP contribution in [0.1, 0.15) is 5.56 Å². The molecular formula is C11H15ClN2OS. The van der Waals surface area contributed by atoms with Crippen molar-refractivity contribution in [3.63, 3.8) is 0 Å². The SMILES string of the molecule is NCc1cc(Cl)ccc1N1CCS(=O)CC1. The molecule has 1 saturated heterocycles. The molecule has 1 aromatic carbocycles. The fourth-order valence-corrected chi connectivity index (χ4v) is 3.15. The molecule has 0 amide bonds. The summed E-state index contributed by atoms with van der Waals surface area (Å²) in [6.45, 7) is 2.15. The summed E-state index contributed by atoms with van der Waals surface area (Å²) in [6, 6.07) is 5.78. The molecule has 1 aliphatic rings. The lowest BCUT2D eigenvalue weighted by Gasteiger charge is -2.30.